The fourth-order valence-electron chi connectivity index (χ4n) is 1.37. The van der Waals surface area contributed by atoms with Crippen molar-refractivity contribution in [1.29, 1.82) is 0 Å². The molecule has 0 saturated carbocycles. The van der Waals surface area contributed by atoms with Gasteiger partial charge in [-0.25, -0.2) is 0 Å². The van der Waals surface area contributed by atoms with Crippen LogP contribution in [0.5, 0.6) is 0 Å². The third-order valence-corrected chi connectivity index (χ3v) is 2.49. The molecule has 0 amide bonds. The predicted octanol–water partition coefficient (Wildman–Crippen LogP) is 2.88. The second-order valence-corrected chi connectivity index (χ2v) is 3.69. The van der Waals surface area contributed by atoms with Crippen molar-refractivity contribution in [3.63, 3.8) is 0 Å². The fourth-order valence-corrected chi connectivity index (χ4v) is 1.57. The van der Waals surface area contributed by atoms with E-state index in [1.165, 1.54) is 5.56 Å². The van der Waals surface area contributed by atoms with Crippen molar-refractivity contribution in [2.75, 3.05) is 0 Å². The van der Waals surface area contributed by atoms with Crippen LogP contribution >= 0.6 is 12.6 Å². The summed E-state index contributed by atoms with van der Waals surface area (Å²) in [4.78, 5) is 11.2. The van der Waals surface area contributed by atoms with Gasteiger partial charge in [0.15, 0.2) is 5.12 Å². The summed E-state index contributed by atoms with van der Waals surface area (Å²) in [6, 6.07) is 9.96. The first-order valence-electron chi connectivity index (χ1n) is 4.61. The molecule has 0 aliphatic rings. The minimum Gasteiger partial charge on any atom is -0.287 e. The molecular weight excluding hydrogens is 192 g/mol. The van der Waals surface area contributed by atoms with Crippen molar-refractivity contribution in [2.45, 2.75) is 12.8 Å². The van der Waals surface area contributed by atoms with Crippen molar-refractivity contribution in [2.24, 2.45) is 5.92 Å². The molecule has 0 fully saturated rings. The molecule has 0 aliphatic carbocycles. The normalized spacial score (nSPS) is 12.1. The van der Waals surface area contributed by atoms with E-state index >= 15 is 0 Å². The molecule has 1 atom stereocenters. The number of carbonyl (C=O) groups is 1. The topological polar surface area (TPSA) is 17.1 Å². The standard InChI is InChI=1S/C12H14OS/c1-2-6-11(12(13)14)9-10-7-4-3-5-8-10/h2-5,7-8,11H,1,6,9H2,(H,13,14). The molecule has 0 spiro atoms. The summed E-state index contributed by atoms with van der Waals surface area (Å²) < 4.78 is 0. The van der Waals surface area contributed by atoms with E-state index in [-0.39, 0.29) is 11.0 Å². The molecule has 1 nitrogen and oxygen atoms in total. The molecule has 0 aliphatic heterocycles. The lowest BCUT2D eigenvalue weighted by molar-refractivity contribution is -0.114. The highest BCUT2D eigenvalue weighted by atomic mass is 32.1. The molecule has 0 N–H and O–H groups in total. The molecule has 1 unspecified atom stereocenters. The number of thiol groups is 1. The molecule has 14 heavy (non-hydrogen) atoms. The van der Waals surface area contributed by atoms with Gasteiger partial charge in [0, 0.05) is 5.92 Å². The van der Waals surface area contributed by atoms with E-state index < -0.39 is 0 Å². The van der Waals surface area contributed by atoms with E-state index in [2.05, 4.69) is 19.2 Å². The molecule has 0 heterocycles. The van der Waals surface area contributed by atoms with Gasteiger partial charge in [-0.1, -0.05) is 36.4 Å². The van der Waals surface area contributed by atoms with E-state index in [4.69, 9.17) is 0 Å². The molecule has 1 rings (SSSR count). The zero-order valence-electron chi connectivity index (χ0n) is 8.02. The first kappa shape index (κ1) is 11.1. The number of allylic oxidation sites excluding steroid dienone is 1. The van der Waals surface area contributed by atoms with Gasteiger partial charge in [0.05, 0.1) is 0 Å². The van der Waals surface area contributed by atoms with E-state index in [9.17, 15) is 4.79 Å². The quantitative estimate of drug-likeness (QED) is 0.579. The van der Waals surface area contributed by atoms with E-state index in [0.717, 1.165) is 6.42 Å². The summed E-state index contributed by atoms with van der Waals surface area (Å²) in [6.07, 6.45) is 3.20. The summed E-state index contributed by atoms with van der Waals surface area (Å²) in [5, 5.41) is -0.0613. The largest absolute Gasteiger partial charge is 0.287 e. The fraction of sp³-hybridized carbons (Fsp3) is 0.250. The lowest BCUT2D eigenvalue weighted by atomic mass is 9.97. The van der Waals surface area contributed by atoms with Crippen LogP contribution in [-0.4, -0.2) is 5.12 Å². The van der Waals surface area contributed by atoms with Gasteiger partial charge < -0.3 is 0 Å². The van der Waals surface area contributed by atoms with Crippen LogP contribution in [-0.2, 0) is 11.2 Å². The zero-order chi connectivity index (χ0) is 10.4. The number of hydrogen-bond acceptors (Lipinski definition) is 1. The molecule has 0 bridgehead atoms. The molecule has 2 heteroatoms. The molecule has 1 aromatic carbocycles. The summed E-state index contributed by atoms with van der Waals surface area (Å²) in [5.74, 6) is -0.0433. The first-order chi connectivity index (χ1) is 6.74. The molecule has 0 radical (unpaired) electrons. The second-order valence-electron chi connectivity index (χ2n) is 3.25. The van der Waals surface area contributed by atoms with Crippen molar-refractivity contribution < 1.29 is 4.79 Å². The lowest BCUT2D eigenvalue weighted by Gasteiger charge is -2.10. The van der Waals surface area contributed by atoms with E-state index in [0.29, 0.717) is 6.42 Å². The van der Waals surface area contributed by atoms with Crippen molar-refractivity contribution in [3.05, 3.63) is 48.6 Å². The average molecular weight is 206 g/mol. The third kappa shape index (κ3) is 3.38. The van der Waals surface area contributed by atoms with Crippen LogP contribution in [0.4, 0.5) is 0 Å². The molecule has 1 aromatic rings. The Morgan fingerprint density at radius 2 is 2.07 bits per heavy atom. The van der Waals surface area contributed by atoms with Gasteiger partial charge in [-0.05, 0) is 18.4 Å². The Kier molecular flexibility index (Phi) is 4.47. The predicted molar refractivity (Wildman–Crippen MR) is 62.4 cm³/mol. The Balaban J connectivity index is 2.64. The Bertz CT molecular complexity index is 305. The maximum Gasteiger partial charge on any atom is 0.189 e. The Morgan fingerprint density at radius 1 is 1.43 bits per heavy atom. The SMILES string of the molecule is C=CCC(Cc1ccccc1)C(=O)S. The molecule has 74 valence electrons. The minimum atomic E-state index is -0.0613. The average Bonchev–Trinajstić information content (AvgIpc) is 2.18. The van der Waals surface area contributed by atoms with Crippen molar-refractivity contribution in [1.82, 2.24) is 0 Å². The van der Waals surface area contributed by atoms with Gasteiger partial charge >= 0.3 is 0 Å². The Hall–Kier alpha value is -1.02. The highest BCUT2D eigenvalue weighted by Crippen LogP contribution is 2.15. The van der Waals surface area contributed by atoms with Crippen LogP contribution in [0.1, 0.15) is 12.0 Å². The molecule has 0 saturated heterocycles. The maximum atomic E-state index is 11.2. The van der Waals surface area contributed by atoms with E-state index in [1.807, 2.05) is 30.3 Å². The number of carbonyl (C=O) groups excluding carboxylic acids is 1. The lowest BCUT2D eigenvalue weighted by Crippen LogP contribution is -2.11. The van der Waals surface area contributed by atoms with Crippen molar-refractivity contribution >= 4 is 17.7 Å². The highest BCUT2D eigenvalue weighted by Gasteiger charge is 2.13. The third-order valence-electron chi connectivity index (χ3n) is 2.13. The van der Waals surface area contributed by atoms with Crippen LogP contribution in [0.25, 0.3) is 0 Å². The highest BCUT2D eigenvalue weighted by molar-refractivity contribution is 7.96. The van der Waals surface area contributed by atoms with Crippen LogP contribution in [0.2, 0.25) is 0 Å². The minimum absolute atomic E-state index is 0.0433. The smallest absolute Gasteiger partial charge is 0.189 e. The summed E-state index contributed by atoms with van der Waals surface area (Å²) >= 11 is 3.87. The monoisotopic (exact) mass is 206 g/mol. The van der Waals surface area contributed by atoms with Gasteiger partial charge in [-0.15, -0.1) is 19.2 Å². The van der Waals surface area contributed by atoms with Crippen LogP contribution in [0.3, 0.4) is 0 Å². The van der Waals surface area contributed by atoms with Crippen molar-refractivity contribution in [3.8, 4) is 0 Å². The van der Waals surface area contributed by atoms with Crippen LogP contribution < -0.4 is 0 Å². The van der Waals surface area contributed by atoms with Gasteiger partial charge in [0.2, 0.25) is 0 Å². The number of benzene rings is 1. The zero-order valence-corrected chi connectivity index (χ0v) is 8.91. The van der Waals surface area contributed by atoms with Gasteiger partial charge in [0.25, 0.3) is 0 Å². The van der Waals surface area contributed by atoms with Crippen LogP contribution in [0.15, 0.2) is 43.0 Å². The molecule has 0 aromatic heterocycles. The van der Waals surface area contributed by atoms with E-state index in [1.54, 1.807) is 6.08 Å². The molecular formula is C12H14OS. The van der Waals surface area contributed by atoms with Crippen LogP contribution in [0, 0.1) is 5.92 Å². The number of hydrogen-bond donors (Lipinski definition) is 1. The first-order valence-corrected chi connectivity index (χ1v) is 5.06. The maximum absolute atomic E-state index is 11.2. The Morgan fingerprint density at radius 3 is 2.57 bits per heavy atom. The summed E-state index contributed by atoms with van der Waals surface area (Å²) in [7, 11) is 0. The summed E-state index contributed by atoms with van der Waals surface area (Å²) in [6.45, 7) is 3.64. The van der Waals surface area contributed by atoms with Gasteiger partial charge in [0.1, 0.15) is 0 Å². The Labute approximate surface area is 90.2 Å². The summed E-state index contributed by atoms with van der Waals surface area (Å²) in [5.41, 5.74) is 1.17. The van der Waals surface area contributed by atoms with Gasteiger partial charge in [-0.3, -0.25) is 4.79 Å². The second kappa shape index (κ2) is 5.66. The number of rotatable bonds is 5. The van der Waals surface area contributed by atoms with Gasteiger partial charge in [-0.2, -0.15) is 0 Å².